The van der Waals surface area contributed by atoms with Gasteiger partial charge in [-0.3, -0.25) is 0 Å². The lowest BCUT2D eigenvalue weighted by Gasteiger charge is -2.47. The van der Waals surface area contributed by atoms with E-state index in [1.54, 1.807) is 0 Å². The summed E-state index contributed by atoms with van der Waals surface area (Å²) in [6, 6.07) is 1.27. The van der Waals surface area contributed by atoms with Gasteiger partial charge in [0.2, 0.25) is 0 Å². The SMILES string of the molecule is CCCCCCCCC[Si](Cl)(C(C)(C)C)C(C)(C)C. The second kappa shape index (κ2) is 8.07. The van der Waals surface area contributed by atoms with E-state index in [-0.39, 0.29) is 10.1 Å². The highest BCUT2D eigenvalue weighted by Gasteiger charge is 2.51. The molecule has 0 aliphatic carbocycles. The van der Waals surface area contributed by atoms with Gasteiger partial charge in [-0.25, -0.2) is 0 Å². The molecule has 19 heavy (non-hydrogen) atoms. The number of hydrogen-bond donors (Lipinski definition) is 0. The summed E-state index contributed by atoms with van der Waals surface area (Å²) < 4.78 is 0. The molecule has 0 saturated heterocycles. The van der Waals surface area contributed by atoms with Crippen molar-refractivity contribution in [3.8, 4) is 0 Å². The van der Waals surface area contributed by atoms with Gasteiger partial charge in [0.05, 0.1) is 0 Å². The highest BCUT2D eigenvalue weighted by molar-refractivity contribution is 7.23. The van der Waals surface area contributed by atoms with Crippen LogP contribution in [0.2, 0.25) is 16.1 Å². The van der Waals surface area contributed by atoms with Gasteiger partial charge in [0.1, 0.15) is 0 Å². The van der Waals surface area contributed by atoms with E-state index < -0.39 is 7.38 Å². The molecule has 0 aromatic carbocycles. The minimum absolute atomic E-state index is 0.287. The maximum atomic E-state index is 7.19. The maximum Gasteiger partial charge on any atom is 0.167 e. The molecule has 0 aliphatic rings. The molecule has 0 radical (unpaired) electrons. The average molecular weight is 305 g/mol. The Morgan fingerprint density at radius 1 is 0.684 bits per heavy atom. The molecule has 0 rings (SSSR count). The number of halogens is 1. The lowest BCUT2D eigenvalue weighted by atomic mass is 10.1. The van der Waals surface area contributed by atoms with E-state index >= 15 is 0 Å². The smallest absolute Gasteiger partial charge is 0.166 e. The minimum Gasteiger partial charge on any atom is -0.166 e. The monoisotopic (exact) mass is 304 g/mol. The molecular weight excluding hydrogens is 268 g/mol. The van der Waals surface area contributed by atoms with Crippen molar-refractivity contribution in [3.63, 3.8) is 0 Å². The molecule has 0 aromatic heterocycles. The van der Waals surface area contributed by atoms with Crippen LogP contribution < -0.4 is 0 Å². The summed E-state index contributed by atoms with van der Waals surface area (Å²) in [7, 11) is -1.76. The second-order valence-corrected chi connectivity index (χ2v) is 15.2. The topological polar surface area (TPSA) is 0 Å². The van der Waals surface area contributed by atoms with E-state index in [9.17, 15) is 0 Å². The van der Waals surface area contributed by atoms with E-state index in [2.05, 4.69) is 48.5 Å². The average Bonchev–Trinajstić information content (AvgIpc) is 2.24. The quantitative estimate of drug-likeness (QED) is 0.247. The highest BCUT2D eigenvalue weighted by Crippen LogP contribution is 2.56. The normalized spacial score (nSPS) is 13.9. The van der Waals surface area contributed by atoms with Gasteiger partial charge in [-0.2, -0.15) is 11.1 Å². The predicted octanol–water partition coefficient (Wildman–Crippen LogP) is 7.52. The van der Waals surface area contributed by atoms with Gasteiger partial charge in [0.25, 0.3) is 0 Å². The van der Waals surface area contributed by atoms with Crippen molar-refractivity contribution in [2.75, 3.05) is 0 Å². The Hall–Kier alpha value is 0.507. The summed E-state index contributed by atoms with van der Waals surface area (Å²) in [6.45, 7) is 16.4. The van der Waals surface area contributed by atoms with Crippen LogP contribution in [-0.4, -0.2) is 7.38 Å². The van der Waals surface area contributed by atoms with Crippen LogP contribution in [0.15, 0.2) is 0 Å². The summed E-state index contributed by atoms with van der Waals surface area (Å²) in [5.41, 5.74) is 0. The summed E-state index contributed by atoms with van der Waals surface area (Å²) in [6.07, 6.45) is 9.67. The van der Waals surface area contributed by atoms with Crippen LogP contribution >= 0.6 is 11.1 Å². The van der Waals surface area contributed by atoms with Crippen LogP contribution in [0.4, 0.5) is 0 Å². The van der Waals surface area contributed by atoms with Crippen LogP contribution in [0.1, 0.15) is 93.4 Å². The zero-order valence-corrected chi connectivity index (χ0v) is 16.3. The Balaban J connectivity index is 4.18. The summed E-state index contributed by atoms with van der Waals surface area (Å²) in [4.78, 5) is 0. The van der Waals surface area contributed by atoms with Crippen LogP contribution in [0.3, 0.4) is 0 Å². The third-order valence-electron chi connectivity index (χ3n) is 4.50. The first-order valence-electron chi connectivity index (χ1n) is 8.25. The van der Waals surface area contributed by atoms with E-state index in [1.807, 2.05) is 0 Å². The molecule has 116 valence electrons. The lowest BCUT2D eigenvalue weighted by molar-refractivity contribution is 0.583. The van der Waals surface area contributed by atoms with E-state index in [4.69, 9.17) is 11.1 Å². The number of rotatable bonds is 8. The molecule has 0 N–H and O–H groups in total. The van der Waals surface area contributed by atoms with Gasteiger partial charge in [-0.15, -0.1) is 0 Å². The largest absolute Gasteiger partial charge is 0.167 e. The maximum absolute atomic E-state index is 7.19. The molecule has 0 heterocycles. The highest BCUT2D eigenvalue weighted by atomic mass is 35.6. The van der Waals surface area contributed by atoms with Gasteiger partial charge in [-0.05, 0) is 16.1 Å². The zero-order chi connectivity index (χ0) is 15.2. The van der Waals surface area contributed by atoms with Crippen LogP contribution in [-0.2, 0) is 0 Å². The van der Waals surface area contributed by atoms with Gasteiger partial charge in [-0.1, -0.05) is 93.4 Å². The Labute approximate surface area is 128 Å². The standard InChI is InChI=1S/C17H37ClSi/c1-8-9-10-11-12-13-14-15-19(18,16(2,3)4)17(5,6)7/h8-15H2,1-7H3. The number of hydrogen-bond acceptors (Lipinski definition) is 0. The van der Waals surface area contributed by atoms with E-state index in [0.29, 0.717) is 0 Å². The van der Waals surface area contributed by atoms with E-state index in [1.165, 1.54) is 51.0 Å². The van der Waals surface area contributed by atoms with Gasteiger partial charge in [0, 0.05) is 0 Å². The van der Waals surface area contributed by atoms with Crippen molar-refractivity contribution in [2.24, 2.45) is 0 Å². The molecule has 0 unspecified atom stereocenters. The molecule has 0 fully saturated rings. The molecule has 2 heteroatoms. The Morgan fingerprint density at radius 3 is 1.42 bits per heavy atom. The molecule has 0 bridgehead atoms. The van der Waals surface area contributed by atoms with Crippen molar-refractivity contribution in [3.05, 3.63) is 0 Å². The van der Waals surface area contributed by atoms with E-state index in [0.717, 1.165) is 0 Å². The third-order valence-corrected chi connectivity index (χ3v) is 14.3. The fourth-order valence-corrected chi connectivity index (χ4v) is 8.09. The fourth-order valence-electron chi connectivity index (χ4n) is 3.20. The van der Waals surface area contributed by atoms with Crippen LogP contribution in [0.25, 0.3) is 0 Å². The summed E-state index contributed by atoms with van der Waals surface area (Å²) >= 11 is 7.19. The molecule has 0 aliphatic heterocycles. The van der Waals surface area contributed by atoms with Gasteiger partial charge >= 0.3 is 0 Å². The predicted molar refractivity (Wildman–Crippen MR) is 93.8 cm³/mol. The van der Waals surface area contributed by atoms with Crippen molar-refractivity contribution in [2.45, 2.75) is 110 Å². The molecule has 0 aromatic rings. The van der Waals surface area contributed by atoms with Crippen LogP contribution in [0.5, 0.6) is 0 Å². The first-order valence-corrected chi connectivity index (χ1v) is 11.5. The third kappa shape index (κ3) is 6.21. The first kappa shape index (κ1) is 19.5. The van der Waals surface area contributed by atoms with Crippen molar-refractivity contribution >= 4 is 18.5 Å². The van der Waals surface area contributed by atoms with Gasteiger partial charge < -0.3 is 0 Å². The summed E-state index contributed by atoms with van der Waals surface area (Å²) in [5, 5.41) is 0.573. The molecule has 0 saturated carbocycles. The van der Waals surface area contributed by atoms with Crippen molar-refractivity contribution in [1.82, 2.24) is 0 Å². The molecular formula is C17H37ClSi. The lowest BCUT2D eigenvalue weighted by Crippen LogP contribution is -2.46. The molecule has 0 spiro atoms. The molecule has 0 atom stereocenters. The van der Waals surface area contributed by atoms with Gasteiger partial charge in [0.15, 0.2) is 7.38 Å². The molecule has 0 amide bonds. The Bertz CT molecular complexity index is 221. The second-order valence-electron chi connectivity index (χ2n) is 8.17. The fraction of sp³-hybridized carbons (Fsp3) is 1.00. The van der Waals surface area contributed by atoms with Crippen molar-refractivity contribution < 1.29 is 0 Å². The minimum atomic E-state index is -1.76. The first-order chi connectivity index (χ1) is 8.56. The zero-order valence-electron chi connectivity index (χ0n) is 14.5. The number of unbranched alkanes of at least 4 members (excludes halogenated alkanes) is 6. The Kier molecular flexibility index (Phi) is 8.29. The Morgan fingerprint density at radius 2 is 1.05 bits per heavy atom. The summed E-state index contributed by atoms with van der Waals surface area (Å²) in [5.74, 6) is 0. The molecule has 0 nitrogen and oxygen atoms in total. The van der Waals surface area contributed by atoms with Crippen LogP contribution in [0, 0.1) is 0 Å². The van der Waals surface area contributed by atoms with Crippen molar-refractivity contribution in [1.29, 1.82) is 0 Å².